The van der Waals surface area contributed by atoms with E-state index in [1.54, 1.807) is 0 Å². The van der Waals surface area contributed by atoms with Crippen molar-refractivity contribution in [2.75, 3.05) is 59.3 Å². The van der Waals surface area contributed by atoms with Crippen molar-refractivity contribution in [1.29, 1.82) is 0 Å². The summed E-state index contributed by atoms with van der Waals surface area (Å²) in [5.41, 5.74) is 1.73. The van der Waals surface area contributed by atoms with Crippen molar-refractivity contribution in [2.24, 2.45) is 0 Å². The van der Waals surface area contributed by atoms with E-state index < -0.39 is 0 Å². The molecule has 0 aliphatic carbocycles. The van der Waals surface area contributed by atoms with Crippen LogP contribution >= 0.6 is 0 Å². The van der Waals surface area contributed by atoms with Gasteiger partial charge in [0.05, 0.1) is 18.3 Å². The quantitative estimate of drug-likeness (QED) is 0.827. The van der Waals surface area contributed by atoms with Crippen LogP contribution in [0.3, 0.4) is 0 Å². The molecule has 0 aromatic heterocycles. The molecule has 1 amide bonds. The Morgan fingerprint density at radius 2 is 2.00 bits per heavy atom. The van der Waals surface area contributed by atoms with Gasteiger partial charge in [0.1, 0.15) is 0 Å². The molecule has 1 aliphatic rings. The Bertz CT molecular complexity index is 502. The first-order valence-corrected chi connectivity index (χ1v) is 7.81. The van der Waals surface area contributed by atoms with E-state index in [2.05, 4.69) is 19.0 Å². The van der Waals surface area contributed by atoms with E-state index in [0.29, 0.717) is 19.7 Å². The molecule has 0 N–H and O–H groups in total. The summed E-state index contributed by atoms with van der Waals surface area (Å²) in [7, 11) is 8.04. The van der Waals surface area contributed by atoms with Gasteiger partial charge < -0.3 is 19.4 Å². The summed E-state index contributed by atoms with van der Waals surface area (Å²) in [4.78, 5) is 18.9. The Morgan fingerprint density at radius 3 is 2.68 bits per heavy atom. The third kappa shape index (κ3) is 4.21. The number of benzene rings is 1. The Kier molecular flexibility index (Phi) is 5.80. The molecule has 0 saturated carbocycles. The normalized spacial score (nSPS) is 18.6. The van der Waals surface area contributed by atoms with Crippen LogP contribution in [-0.4, -0.2) is 76.2 Å². The van der Waals surface area contributed by atoms with Crippen molar-refractivity contribution in [3.8, 4) is 0 Å². The molecule has 1 atom stereocenters. The van der Waals surface area contributed by atoms with Crippen molar-refractivity contribution in [3.63, 3.8) is 0 Å². The smallest absolute Gasteiger partial charge is 0.256 e. The first-order chi connectivity index (χ1) is 10.5. The molecule has 0 unspecified atom stereocenters. The largest absolute Gasteiger partial charge is 0.377 e. The maximum Gasteiger partial charge on any atom is 0.256 e. The minimum Gasteiger partial charge on any atom is -0.377 e. The van der Waals surface area contributed by atoms with Gasteiger partial charge in [0.2, 0.25) is 0 Å². The van der Waals surface area contributed by atoms with Crippen molar-refractivity contribution in [3.05, 3.63) is 29.8 Å². The monoisotopic (exact) mass is 305 g/mol. The number of hydrogen-bond acceptors (Lipinski definition) is 4. The fourth-order valence-electron chi connectivity index (χ4n) is 2.70. The molecular formula is C17H27N3O2. The topological polar surface area (TPSA) is 36.0 Å². The van der Waals surface area contributed by atoms with Gasteiger partial charge in [-0.15, -0.1) is 0 Å². The van der Waals surface area contributed by atoms with Gasteiger partial charge in [0.25, 0.3) is 5.91 Å². The van der Waals surface area contributed by atoms with Crippen molar-refractivity contribution in [1.82, 2.24) is 9.80 Å². The van der Waals surface area contributed by atoms with E-state index in [1.165, 1.54) is 0 Å². The van der Waals surface area contributed by atoms with Gasteiger partial charge in [-0.1, -0.05) is 12.1 Å². The molecule has 1 heterocycles. The van der Waals surface area contributed by atoms with Crippen LogP contribution in [0, 0.1) is 0 Å². The molecule has 22 heavy (non-hydrogen) atoms. The van der Waals surface area contributed by atoms with Crippen LogP contribution in [0.2, 0.25) is 0 Å². The molecule has 0 bridgehead atoms. The Hall–Kier alpha value is -1.59. The van der Waals surface area contributed by atoms with E-state index in [1.807, 2.05) is 48.2 Å². The van der Waals surface area contributed by atoms with Crippen molar-refractivity contribution >= 4 is 11.6 Å². The highest BCUT2D eigenvalue weighted by atomic mass is 16.5. The highest BCUT2D eigenvalue weighted by Crippen LogP contribution is 2.21. The summed E-state index contributed by atoms with van der Waals surface area (Å²) in [6.45, 7) is 2.93. The van der Waals surface area contributed by atoms with E-state index >= 15 is 0 Å². The first kappa shape index (κ1) is 16.8. The molecular weight excluding hydrogens is 278 g/mol. The van der Waals surface area contributed by atoms with Gasteiger partial charge in [0, 0.05) is 39.4 Å². The maximum atomic E-state index is 12.8. The second-order valence-electron chi connectivity index (χ2n) is 6.25. The summed E-state index contributed by atoms with van der Waals surface area (Å²) in [6, 6.07) is 7.77. The molecule has 1 aromatic carbocycles. The minimum atomic E-state index is 0.0995. The van der Waals surface area contributed by atoms with Gasteiger partial charge in [-0.3, -0.25) is 4.79 Å². The van der Waals surface area contributed by atoms with Gasteiger partial charge in [-0.25, -0.2) is 0 Å². The third-order valence-electron chi connectivity index (χ3n) is 3.94. The van der Waals surface area contributed by atoms with Gasteiger partial charge in [0.15, 0.2) is 0 Å². The lowest BCUT2D eigenvalue weighted by atomic mass is 10.1. The van der Waals surface area contributed by atoms with Gasteiger partial charge in [-0.05, 0) is 32.6 Å². The molecule has 122 valence electrons. The maximum absolute atomic E-state index is 12.8. The number of rotatable bonds is 5. The lowest BCUT2D eigenvalue weighted by molar-refractivity contribution is -0.0269. The molecule has 0 spiro atoms. The number of morpholine rings is 1. The summed E-state index contributed by atoms with van der Waals surface area (Å²) >= 11 is 0. The molecule has 1 saturated heterocycles. The number of amides is 1. The lowest BCUT2D eigenvalue weighted by Crippen LogP contribution is -2.46. The van der Waals surface area contributed by atoms with Crippen LogP contribution in [0.4, 0.5) is 5.69 Å². The molecule has 1 aliphatic heterocycles. The average molecular weight is 305 g/mol. The van der Waals surface area contributed by atoms with Crippen LogP contribution in [0.5, 0.6) is 0 Å². The number of ether oxygens (including phenoxy) is 1. The zero-order valence-electron chi connectivity index (χ0n) is 14.1. The van der Waals surface area contributed by atoms with E-state index in [9.17, 15) is 4.79 Å². The predicted molar refractivity (Wildman–Crippen MR) is 89.6 cm³/mol. The number of hydrogen-bond donors (Lipinski definition) is 0. The van der Waals surface area contributed by atoms with Crippen molar-refractivity contribution in [2.45, 2.75) is 12.5 Å². The molecule has 2 rings (SSSR count). The first-order valence-electron chi connectivity index (χ1n) is 7.81. The Balaban J connectivity index is 2.06. The Labute approximate surface area is 133 Å². The minimum absolute atomic E-state index is 0.0995. The van der Waals surface area contributed by atoms with Gasteiger partial charge >= 0.3 is 0 Å². The van der Waals surface area contributed by atoms with Crippen LogP contribution in [-0.2, 0) is 4.74 Å². The molecule has 5 nitrogen and oxygen atoms in total. The molecule has 0 radical (unpaired) electrons. The SMILES string of the molecule is CN(C)CC[C@@H]1CN(C(=O)c2ccccc2N(C)C)CCO1. The second-order valence-corrected chi connectivity index (χ2v) is 6.25. The molecule has 5 heteroatoms. The number of nitrogens with zero attached hydrogens (tertiary/aromatic N) is 3. The fourth-order valence-corrected chi connectivity index (χ4v) is 2.70. The van der Waals surface area contributed by atoms with Crippen molar-refractivity contribution < 1.29 is 9.53 Å². The molecule has 1 fully saturated rings. The number of carbonyl (C=O) groups excluding carboxylic acids is 1. The second kappa shape index (κ2) is 7.61. The van der Waals surface area contributed by atoms with Crippen LogP contribution < -0.4 is 4.90 Å². The van der Waals surface area contributed by atoms with Gasteiger partial charge in [-0.2, -0.15) is 0 Å². The number of anilines is 1. The fraction of sp³-hybridized carbons (Fsp3) is 0.588. The summed E-state index contributed by atoms with van der Waals surface area (Å²) < 4.78 is 5.79. The van der Waals surface area contributed by atoms with E-state index in [-0.39, 0.29) is 12.0 Å². The zero-order chi connectivity index (χ0) is 16.1. The zero-order valence-corrected chi connectivity index (χ0v) is 14.1. The predicted octanol–water partition coefficient (Wildman–Crippen LogP) is 1.55. The lowest BCUT2D eigenvalue weighted by Gasteiger charge is -2.34. The Morgan fingerprint density at radius 1 is 1.27 bits per heavy atom. The van der Waals surface area contributed by atoms with E-state index in [0.717, 1.165) is 24.2 Å². The summed E-state index contributed by atoms with van der Waals surface area (Å²) in [5, 5.41) is 0. The summed E-state index contributed by atoms with van der Waals surface area (Å²) in [6.07, 6.45) is 1.08. The third-order valence-corrected chi connectivity index (χ3v) is 3.94. The highest BCUT2D eigenvalue weighted by Gasteiger charge is 2.26. The highest BCUT2D eigenvalue weighted by molar-refractivity contribution is 5.99. The van der Waals surface area contributed by atoms with Crippen LogP contribution in [0.15, 0.2) is 24.3 Å². The molecule has 1 aromatic rings. The van der Waals surface area contributed by atoms with E-state index in [4.69, 9.17) is 4.74 Å². The number of para-hydroxylation sites is 1. The number of carbonyl (C=O) groups is 1. The van der Waals surface area contributed by atoms with Crippen LogP contribution in [0.1, 0.15) is 16.8 Å². The average Bonchev–Trinajstić information content (AvgIpc) is 2.52. The van der Waals surface area contributed by atoms with Crippen LogP contribution in [0.25, 0.3) is 0 Å². The summed E-state index contributed by atoms with van der Waals surface area (Å²) in [5.74, 6) is 0.0995. The standard InChI is InChI=1S/C17H27N3O2/c1-18(2)10-9-14-13-20(11-12-22-14)17(21)15-7-5-6-8-16(15)19(3)4/h5-8,14H,9-13H2,1-4H3/t14-/m1/s1.